The van der Waals surface area contributed by atoms with E-state index in [9.17, 15) is 35.6 Å². The fourth-order valence-corrected chi connectivity index (χ4v) is 4.95. The van der Waals surface area contributed by atoms with Crippen LogP contribution in [0.25, 0.3) is 10.9 Å². The van der Waals surface area contributed by atoms with Crippen LogP contribution in [0.2, 0.25) is 0 Å². The van der Waals surface area contributed by atoms with E-state index in [1.165, 1.54) is 55.6 Å². The SMILES string of the molecule is CC(=O)c1cccc(S(=O)(=O)n2ncc3ccc(CC(=O)c4c(F)cccc4C(F)(F)F)cc32)c1. The lowest BCUT2D eigenvalue weighted by molar-refractivity contribution is -0.138. The number of nitrogens with zero attached hydrogens (tertiary/aromatic N) is 2. The minimum absolute atomic E-state index is 0.0631. The van der Waals surface area contributed by atoms with E-state index in [0.717, 1.165) is 12.1 Å². The molecule has 0 aliphatic rings. The summed E-state index contributed by atoms with van der Waals surface area (Å²) < 4.78 is 81.2. The van der Waals surface area contributed by atoms with Gasteiger partial charge in [-0.15, -0.1) is 0 Å². The van der Waals surface area contributed by atoms with Crippen LogP contribution < -0.4 is 0 Å². The van der Waals surface area contributed by atoms with Gasteiger partial charge in [0.15, 0.2) is 11.6 Å². The lowest BCUT2D eigenvalue weighted by Crippen LogP contribution is -2.17. The standard InChI is InChI=1S/C24H16F4N2O4S/c1-14(31)16-4-2-5-18(12-16)35(33,34)30-21-10-15(8-9-17(21)13-29-30)11-22(32)23-19(24(26,27)28)6-3-7-20(23)25/h2-10,12-13H,11H2,1H3. The molecule has 0 radical (unpaired) electrons. The Morgan fingerprint density at radius 1 is 1.00 bits per heavy atom. The van der Waals surface area contributed by atoms with Crippen LogP contribution in [-0.2, 0) is 22.6 Å². The molecule has 4 rings (SSSR count). The van der Waals surface area contributed by atoms with Gasteiger partial charge in [-0.1, -0.05) is 30.3 Å². The van der Waals surface area contributed by atoms with Crippen molar-refractivity contribution in [3.63, 3.8) is 0 Å². The zero-order valence-corrected chi connectivity index (χ0v) is 18.8. The van der Waals surface area contributed by atoms with Gasteiger partial charge in [0.1, 0.15) is 5.82 Å². The van der Waals surface area contributed by atoms with Gasteiger partial charge in [0.05, 0.1) is 27.7 Å². The largest absolute Gasteiger partial charge is 0.417 e. The van der Waals surface area contributed by atoms with Crippen LogP contribution in [0, 0.1) is 5.82 Å². The highest BCUT2D eigenvalue weighted by Crippen LogP contribution is 2.34. The van der Waals surface area contributed by atoms with Gasteiger partial charge in [0.25, 0.3) is 10.0 Å². The maximum atomic E-state index is 14.2. The summed E-state index contributed by atoms with van der Waals surface area (Å²) >= 11 is 0. The van der Waals surface area contributed by atoms with Gasteiger partial charge in [-0.2, -0.15) is 30.8 Å². The van der Waals surface area contributed by atoms with Crippen LogP contribution >= 0.6 is 0 Å². The second-order valence-corrected chi connectivity index (χ2v) is 9.50. The molecule has 4 aromatic rings. The highest BCUT2D eigenvalue weighted by molar-refractivity contribution is 7.90. The lowest BCUT2D eigenvalue weighted by Gasteiger charge is -2.13. The van der Waals surface area contributed by atoms with Crippen LogP contribution in [0.4, 0.5) is 17.6 Å². The van der Waals surface area contributed by atoms with Crippen LogP contribution in [0.5, 0.6) is 0 Å². The monoisotopic (exact) mass is 504 g/mol. The van der Waals surface area contributed by atoms with E-state index in [1.807, 2.05) is 0 Å². The number of carbonyl (C=O) groups is 2. The molecule has 35 heavy (non-hydrogen) atoms. The van der Waals surface area contributed by atoms with Crippen molar-refractivity contribution in [2.45, 2.75) is 24.4 Å². The Bertz CT molecular complexity index is 1590. The first-order valence-corrected chi connectivity index (χ1v) is 11.6. The molecule has 0 saturated carbocycles. The number of rotatable bonds is 6. The normalized spacial score (nSPS) is 12.1. The first-order valence-electron chi connectivity index (χ1n) is 10.1. The Morgan fingerprint density at radius 3 is 2.40 bits per heavy atom. The molecular weight excluding hydrogens is 488 g/mol. The van der Waals surface area contributed by atoms with Gasteiger partial charge < -0.3 is 0 Å². The van der Waals surface area contributed by atoms with Gasteiger partial charge in [0, 0.05) is 17.4 Å². The van der Waals surface area contributed by atoms with Crippen molar-refractivity contribution in [2.75, 3.05) is 0 Å². The van der Waals surface area contributed by atoms with Gasteiger partial charge in [-0.05, 0) is 42.8 Å². The maximum absolute atomic E-state index is 14.2. The number of Topliss-reactive ketones (excluding diaryl/α,β-unsaturated/α-hetero) is 2. The molecular formula is C24H16F4N2O4S. The third-order valence-electron chi connectivity index (χ3n) is 5.33. The highest BCUT2D eigenvalue weighted by atomic mass is 32.2. The van der Waals surface area contributed by atoms with Gasteiger partial charge in [-0.3, -0.25) is 9.59 Å². The fraction of sp³-hybridized carbons (Fsp3) is 0.125. The first kappa shape index (κ1) is 24.3. The average molecular weight is 504 g/mol. The summed E-state index contributed by atoms with van der Waals surface area (Å²) in [4.78, 5) is 24.1. The third-order valence-corrected chi connectivity index (χ3v) is 6.93. The van der Waals surface area contributed by atoms with Gasteiger partial charge in [0.2, 0.25) is 0 Å². The predicted octanol–water partition coefficient (Wildman–Crippen LogP) is 5.06. The summed E-state index contributed by atoms with van der Waals surface area (Å²) in [5.74, 6) is -2.75. The number of hydrogen-bond acceptors (Lipinski definition) is 5. The molecule has 0 aliphatic heterocycles. The molecule has 0 fully saturated rings. The Labute approximate surface area is 196 Å². The number of ketones is 2. The first-order chi connectivity index (χ1) is 16.4. The number of hydrogen-bond donors (Lipinski definition) is 0. The smallest absolute Gasteiger partial charge is 0.295 e. The number of halogens is 4. The summed E-state index contributed by atoms with van der Waals surface area (Å²) in [5.41, 5.74) is -2.07. The highest BCUT2D eigenvalue weighted by Gasteiger charge is 2.36. The summed E-state index contributed by atoms with van der Waals surface area (Å²) in [6.07, 6.45) is -4.27. The van der Waals surface area contributed by atoms with E-state index in [1.54, 1.807) is 0 Å². The molecule has 1 aromatic heterocycles. The summed E-state index contributed by atoms with van der Waals surface area (Å²) in [7, 11) is -4.25. The van der Waals surface area contributed by atoms with E-state index in [4.69, 9.17) is 0 Å². The molecule has 0 aliphatic carbocycles. The second-order valence-electron chi connectivity index (χ2n) is 7.73. The van der Waals surface area contributed by atoms with E-state index in [2.05, 4.69) is 5.10 Å². The van der Waals surface area contributed by atoms with Crippen LogP contribution in [0.15, 0.2) is 71.8 Å². The number of benzene rings is 3. The van der Waals surface area contributed by atoms with Crippen molar-refractivity contribution in [1.29, 1.82) is 0 Å². The zero-order chi connectivity index (χ0) is 25.5. The molecule has 0 amide bonds. The zero-order valence-electron chi connectivity index (χ0n) is 18.0. The molecule has 6 nitrogen and oxygen atoms in total. The van der Waals surface area contributed by atoms with Gasteiger partial charge in [-0.25, -0.2) is 4.39 Å². The number of carbonyl (C=O) groups excluding carboxylic acids is 2. The topological polar surface area (TPSA) is 86.1 Å². The van der Waals surface area contributed by atoms with Gasteiger partial charge >= 0.3 is 6.18 Å². The van der Waals surface area contributed by atoms with Crippen molar-refractivity contribution in [2.24, 2.45) is 0 Å². The van der Waals surface area contributed by atoms with E-state index in [0.29, 0.717) is 15.5 Å². The maximum Gasteiger partial charge on any atom is 0.417 e. The second kappa shape index (κ2) is 8.73. The molecule has 0 unspecified atom stereocenters. The fourth-order valence-electron chi connectivity index (χ4n) is 3.64. The summed E-state index contributed by atoms with van der Waals surface area (Å²) in [6, 6.07) is 11.8. The lowest BCUT2D eigenvalue weighted by atomic mass is 9.97. The van der Waals surface area contributed by atoms with E-state index in [-0.39, 0.29) is 27.3 Å². The van der Waals surface area contributed by atoms with Crippen molar-refractivity contribution in [3.05, 3.63) is 94.9 Å². The van der Waals surface area contributed by atoms with Crippen molar-refractivity contribution >= 4 is 32.5 Å². The number of aromatic nitrogens is 2. The number of fused-ring (bicyclic) bond motifs is 1. The molecule has 0 bridgehead atoms. The quantitative estimate of drug-likeness (QED) is 0.271. The Kier molecular flexibility index (Phi) is 6.05. The molecule has 11 heteroatoms. The van der Waals surface area contributed by atoms with Crippen molar-refractivity contribution < 1.29 is 35.6 Å². The summed E-state index contributed by atoms with van der Waals surface area (Å²) in [6.45, 7) is 1.29. The molecule has 3 aromatic carbocycles. The molecule has 0 spiro atoms. The van der Waals surface area contributed by atoms with E-state index < -0.39 is 45.3 Å². The molecule has 0 saturated heterocycles. The molecule has 180 valence electrons. The van der Waals surface area contributed by atoms with E-state index >= 15 is 0 Å². The van der Waals surface area contributed by atoms with Crippen molar-refractivity contribution in [1.82, 2.24) is 9.19 Å². The molecule has 0 atom stereocenters. The summed E-state index contributed by atoms with van der Waals surface area (Å²) in [5, 5.41) is 4.29. The van der Waals surface area contributed by atoms with Crippen molar-refractivity contribution in [3.8, 4) is 0 Å². The predicted molar refractivity (Wildman–Crippen MR) is 118 cm³/mol. The average Bonchev–Trinajstić information content (AvgIpc) is 3.22. The van der Waals surface area contributed by atoms with Crippen LogP contribution in [0.1, 0.15) is 38.8 Å². The minimum Gasteiger partial charge on any atom is -0.295 e. The Hall–Kier alpha value is -3.86. The molecule has 1 heterocycles. The third kappa shape index (κ3) is 4.59. The number of alkyl halides is 3. The Morgan fingerprint density at radius 2 is 1.71 bits per heavy atom. The van der Waals surface area contributed by atoms with Crippen LogP contribution in [0.3, 0.4) is 0 Å². The minimum atomic E-state index is -4.93. The van der Waals surface area contributed by atoms with Crippen LogP contribution in [-0.4, -0.2) is 29.2 Å². The Balaban J connectivity index is 1.75. The molecule has 0 N–H and O–H groups in total.